The lowest BCUT2D eigenvalue weighted by molar-refractivity contribution is 0.0971. The van der Waals surface area contributed by atoms with E-state index in [9.17, 15) is 9.59 Å². The van der Waals surface area contributed by atoms with Crippen LogP contribution in [0, 0.1) is 0 Å². The third-order valence-electron chi connectivity index (χ3n) is 3.67. The highest BCUT2D eigenvalue weighted by atomic mass is 16.2. The van der Waals surface area contributed by atoms with Gasteiger partial charge in [0.05, 0.1) is 11.2 Å². The average molecular weight is 335 g/mol. The highest BCUT2D eigenvalue weighted by Crippen LogP contribution is 2.24. The van der Waals surface area contributed by atoms with Crippen LogP contribution in [-0.4, -0.2) is 29.8 Å². The van der Waals surface area contributed by atoms with Crippen LogP contribution in [0.2, 0.25) is 0 Å². The number of aromatic nitrogens is 1. The van der Waals surface area contributed by atoms with E-state index in [4.69, 9.17) is 5.73 Å². The third-order valence-corrected chi connectivity index (χ3v) is 3.67. The summed E-state index contributed by atoms with van der Waals surface area (Å²) in [6.45, 7) is 0. The predicted octanol–water partition coefficient (Wildman–Crippen LogP) is 2.09. The molecule has 0 spiro atoms. The van der Waals surface area contributed by atoms with Gasteiger partial charge >= 0.3 is 0 Å². The topological polar surface area (TPSA) is 112 Å². The second-order valence-electron chi connectivity index (χ2n) is 5.34. The Labute approximate surface area is 143 Å². The normalized spacial score (nSPS) is 11.3. The fourth-order valence-electron chi connectivity index (χ4n) is 2.41. The van der Waals surface area contributed by atoms with Gasteiger partial charge < -0.3 is 16.0 Å². The highest BCUT2D eigenvalue weighted by molar-refractivity contribution is 6.11. The first-order valence-corrected chi connectivity index (χ1v) is 7.60. The van der Waals surface area contributed by atoms with Crippen molar-refractivity contribution < 1.29 is 9.59 Å². The fraction of sp³-hybridized carbons (Fsp3) is 0.0556. The molecule has 25 heavy (non-hydrogen) atoms. The molecule has 0 saturated carbocycles. The first-order chi connectivity index (χ1) is 12.1. The molecule has 3 rings (SSSR count). The molecule has 0 aliphatic rings. The van der Waals surface area contributed by atoms with Crippen LogP contribution < -0.4 is 16.4 Å². The number of aliphatic imine (C=N–C) groups is 1. The number of hydrogen-bond donors (Lipinski definition) is 4. The number of anilines is 1. The van der Waals surface area contributed by atoms with E-state index in [0.717, 1.165) is 5.39 Å². The van der Waals surface area contributed by atoms with Crippen molar-refractivity contribution in [3.63, 3.8) is 0 Å². The van der Waals surface area contributed by atoms with Crippen molar-refractivity contribution in [3.8, 4) is 0 Å². The van der Waals surface area contributed by atoms with Crippen LogP contribution in [0.3, 0.4) is 0 Å². The number of nitrogens with one attached hydrogen (secondary N) is 3. The van der Waals surface area contributed by atoms with Crippen LogP contribution in [0.4, 0.5) is 5.69 Å². The van der Waals surface area contributed by atoms with E-state index in [1.54, 1.807) is 42.5 Å². The Kier molecular flexibility index (Phi) is 4.47. The Morgan fingerprint density at radius 2 is 1.80 bits per heavy atom. The zero-order chi connectivity index (χ0) is 17.8. The monoisotopic (exact) mass is 335 g/mol. The Hall–Kier alpha value is -3.61. The number of H-pyrrole nitrogens is 1. The third kappa shape index (κ3) is 3.50. The van der Waals surface area contributed by atoms with E-state index in [0.29, 0.717) is 22.5 Å². The van der Waals surface area contributed by atoms with Crippen LogP contribution in [0.25, 0.3) is 10.9 Å². The molecule has 2 aromatic carbocycles. The average Bonchev–Trinajstić information content (AvgIpc) is 3.08. The van der Waals surface area contributed by atoms with E-state index >= 15 is 0 Å². The van der Waals surface area contributed by atoms with E-state index in [-0.39, 0.29) is 11.9 Å². The van der Waals surface area contributed by atoms with Crippen molar-refractivity contribution in [2.45, 2.75) is 0 Å². The van der Waals surface area contributed by atoms with Gasteiger partial charge in [-0.05, 0) is 24.3 Å². The number of nitrogens with two attached hydrogens (primary N) is 1. The molecule has 0 radical (unpaired) electrons. The van der Waals surface area contributed by atoms with Crippen LogP contribution in [0.15, 0.2) is 59.6 Å². The zero-order valence-corrected chi connectivity index (χ0v) is 13.5. The number of aromatic amines is 1. The molecule has 0 bridgehead atoms. The maximum atomic E-state index is 12.3. The standard InChI is InChI=1S/C18H17N5O2/c1-20-18(19)23-17(25)14-10-12-8-5-9-13(15(12)21-14)22-16(24)11-6-3-2-4-7-11/h2-10,21H,1H3,(H,22,24)(H3,19,20,23,25). The van der Waals surface area contributed by atoms with E-state index in [2.05, 4.69) is 20.6 Å². The minimum absolute atomic E-state index is 0.0289. The molecule has 2 amide bonds. The first-order valence-electron chi connectivity index (χ1n) is 7.60. The molecular weight excluding hydrogens is 318 g/mol. The highest BCUT2D eigenvalue weighted by Gasteiger charge is 2.14. The Balaban J connectivity index is 1.89. The number of nitrogens with zero attached hydrogens (tertiary/aromatic N) is 1. The van der Waals surface area contributed by atoms with Gasteiger partial charge in [-0.2, -0.15) is 0 Å². The lowest BCUT2D eigenvalue weighted by atomic mass is 10.2. The number of rotatable bonds is 3. The molecule has 7 heteroatoms. The predicted molar refractivity (Wildman–Crippen MR) is 97.7 cm³/mol. The van der Waals surface area contributed by atoms with Crippen molar-refractivity contribution in [2.24, 2.45) is 10.7 Å². The minimum atomic E-state index is -0.403. The molecule has 0 aliphatic heterocycles. The van der Waals surface area contributed by atoms with Gasteiger partial charge in [0.2, 0.25) is 0 Å². The first kappa shape index (κ1) is 16.3. The van der Waals surface area contributed by atoms with Gasteiger partial charge in [0.25, 0.3) is 11.8 Å². The quantitative estimate of drug-likeness (QED) is 0.434. The molecule has 1 aromatic heterocycles. The largest absolute Gasteiger partial charge is 0.370 e. The number of carbonyl (C=O) groups excluding carboxylic acids is 2. The smallest absolute Gasteiger partial charge is 0.274 e. The lowest BCUT2D eigenvalue weighted by Crippen LogP contribution is -2.36. The van der Waals surface area contributed by atoms with Gasteiger partial charge in [-0.3, -0.25) is 19.9 Å². The van der Waals surface area contributed by atoms with Gasteiger partial charge in [0.1, 0.15) is 5.69 Å². The van der Waals surface area contributed by atoms with Crippen molar-refractivity contribution in [2.75, 3.05) is 12.4 Å². The summed E-state index contributed by atoms with van der Waals surface area (Å²) in [5, 5.41) is 6.11. The van der Waals surface area contributed by atoms with E-state index < -0.39 is 5.91 Å². The summed E-state index contributed by atoms with van der Waals surface area (Å²) in [6.07, 6.45) is 0. The van der Waals surface area contributed by atoms with Crippen molar-refractivity contribution in [1.82, 2.24) is 10.3 Å². The molecule has 0 saturated heterocycles. The molecular formula is C18H17N5O2. The number of hydrogen-bond acceptors (Lipinski definition) is 3. The summed E-state index contributed by atoms with van der Waals surface area (Å²) in [6, 6.07) is 16.0. The van der Waals surface area contributed by atoms with Crippen LogP contribution in [0.1, 0.15) is 20.8 Å². The number of fused-ring (bicyclic) bond motifs is 1. The summed E-state index contributed by atoms with van der Waals surface area (Å²) >= 11 is 0. The fourth-order valence-corrected chi connectivity index (χ4v) is 2.41. The number of para-hydroxylation sites is 1. The molecule has 1 heterocycles. The molecule has 5 N–H and O–H groups in total. The maximum absolute atomic E-state index is 12.3. The zero-order valence-electron chi connectivity index (χ0n) is 13.5. The summed E-state index contributed by atoms with van der Waals surface area (Å²) in [5.41, 5.74) is 7.63. The molecule has 3 aromatic rings. The van der Waals surface area contributed by atoms with Gasteiger partial charge in [0.15, 0.2) is 5.96 Å². The summed E-state index contributed by atoms with van der Waals surface area (Å²) in [4.78, 5) is 31.2. The van der Waals surface area contributed by atoms with Crippen LogP contribution in [0.5, 0.6) is 0 Å². The lowest BCUT2D eigenvalue weighted by Gasteiger charge is -2.06. The molecule has 0 unspecified atom stereocenters. The SMILES string of the molecule is CN=C(N)NC(=O)c1cc2cccc(NC(=O)c3ccccc3)c2[nH]1. The number of carbonyl (C=O) groups is 2. The van der Waals surface area contributed by atoms with Gasteiger partial charge in [-0.25, -0.2) is 0 Å². The second-order valence-corrected chi connectivity index (χ2v) is 5.34. The maximum Gasteiger partial charge on any atom is 0.274 e. The number of benzene rings is 2. The van der Waals surface area contributed by atoms with Gasteiger partial charge in [-0.1, -0.05) is 30.3 Å². The number of guanidine groups is 1. The minimum Gasteiger partial charge on any atom is -0.370 e. The Morgan fingerprint density at radius 1 is 1.04 bits per heavy atom. The summed E-state index contributed by atoms with van der Waals surface area (Å²) in [7, 11) is 1.48. The molecule has 0 fully saturated rings. The van der Waals surface area contributed by atoms with Crippen molar-refractivity contribution in [1.29, 1.82) is 0 Å². The van der Waals surface area contributed by atoms with Crippen molar-refractivity contribution >= 4 is 34.4 Å². The second kappa shape index (κ2) is 6.88. The summed E-state index contributed by atoms with van der Waals surface area (Å²) in [5.74, 6) is -0.600. The van der Waals surface area contributed by atoms with E-state index in [1.807, 2.05) is 12.1 Å². The van der Waals surface area contributed by atoms with Gasteiger partial charge in [0, 0.05) is 18.0 Å². The van der Waals surface area contributed by atoms with E-state index in [1.165, 1.54) is 7.05 Å². The Bertz CT molecular complexity index is 960. The van der Waals surface area contributed by atoms with Crippen LogP contribution >= 0.6 is 0 Å². The summed E-state index contributed by atoms with van der Waals surface area (Å²) < 4.78 is 0. The van der Waals surface area contributed by atoms with Gasteiger partial charge in [-0.15, -0.1) is 0 Å². The Morgan fingerprint density at radius 3 is 2.52 bits per heavy atom. The van der Waals surface area contributed by atoms with Crippen LogP contribution in [-0.2, 0) is 0 Å². The molecule has 7 nitrogen and oxygen atoms in total. The molecule has 126 valence electrons. The number of amides is 2. The molecule has 0 atom stereocenters. The van der Waals surface area contributed by atoms with Crippen molar-refractivity contribution in [3.05, 3.63) is 65.9 Å². The molecule has 0 aliphatic carbocycles.